The largest absolute Gasteiger partial charge is 0.465 e. The van der Waals surface area contributed by atoms with Gasteiger partial charge in [0.25, 0.3) is 0 Å². The van der Waals surface area contributed by atoms with Gasteiger partial charge in [0.15, 0.2) is 0 Å². The molecule has 1 aromatic heterocycles. The molecule has 0 unspecified atom stereocenters. The second-order valence-electron chi connectivity index (χ2n) is 3.95. The standard InChI is InChI=1S/C11H15N3O2/c1-9-2-3-12-10(8-9)13-4-6-14(7-5-13)11(15)16/h2-3,8H,4-7H2,1H3,(H,15,16). The highest BCUT2D eigenvalue weighted by molar-refractivity contribution is 5.65. The fourth-order valence-electron chi connectivity index (χ4n) is 1.82. The Morgan fingerprint density at radius 1 is 1.38 bits per heavy atom. The molecule has 5 heteroatoms. The molecule has 0 radical (unpaired) electrons. The van der Waals surface area contributed by atoms with Crippen LogP contribution in [0, 0.1) is 6.92 Å². The molecule has 2 rings (SSSR count). The third-order valence-electron chi connectivity index (χ3n) is 2.78. The number of nitrogens with zero attached hydrogens (tertiary/aromatic N) is 3. The van der Waals surface area contributed by atoms with Gasteiger partial charge in [0, 0.05) is 32.4 Å². The Balaban J connectivity index is 2.01. The molecule has 0 aliphatic carbocycles. The Morgan fingerprint density at radius 3 is 2.62 bits per heavy atom. The summed E-state index contributed by atoms with van der Waals surface area (Å²) in [6.07, 6.45) is 0.950. The zero-order valence-electron chi connectivity index (χ0n) is 9.26. The van der Waals surface area contributed by atoms with Gasteiger partial charge in [0.2, 0.25) is 0 Å². The number of anilines is 1. The van der Waals surface area contributed by atoms with E-state index in [4.69, 9.17) is 5.11 Å². The van der Waals surface area contributed by atoms with Crippen LogP contribution in [0.2, 0.25) is 0 Å². The van der Waals surface area contributed by atoms with Crippen molar-refractivity contribution in [3.8, 4) is 0 Å². The SMILES string of the molecule is Cc1ccnc(N2CCN(C(=O)O)CC2)c1. The number of piperazine rings is 1. The van der Waals surface area contributed by atoms with Crippen LogP contribution in [0.3, 0.4) is 0 Å². The highest BCUT2D eigenvalue weighted by atomic mass is 16.4. The van der Waals surface area contributed by atoms with Crippen molar-refractivity contribution in [2.24, 2.45) is 0 Å². The van der Waals surface area contributed by atoms with E-state index in [-0.39, 0.29) is 0 Å². The van der Waals surface area contributed by atoms with Crippen LogP contribution < -0.4 is 4.90 Å². The van der Waals surface area contributed by atoms with E-state index in [0.29, 0.717) is 26.2 Å². The van der Waals surface area contributed by atoms with Crippen LogP contribution in [0.15, 0.2) is 18.3 Å². The highest BCUT2D eigenvalue weighted by Crippen LogP contribution is 2.14. The molecule has 1 amide bonds. The third kappa shape index (κ3) is 2.24. The van der Waals surface area contributed by atoms with Crippen molar-refractivity contribution < 1.29 is 9.90 Å². The fraction of sp³-hybridized carbons (Fsp3) is 0.455. The second kappa shape index (κ2) is 4.38. The normalized spacial score (nSPS) is 16.3. The maximum absolute atomic E-state index is 10.7. The van der Waals surface area contributed by atoms with Gasteiger partial charge in [0.05, 0.1) is 0 Å². The molecule has 0 saturated carbocycles. The molecule has 1 aliphatic rings. The van der Waals surface area contributed by atoms with Crippen molar-refractivity contribution in [2.45, 2.75) is 6.92 Å². The van der Waals surface area contributed by atoms with Gasteiger partial charge in [-0.15, -0.1) is 0 Å². The zero-order chi connectivity index (χ0) is 11.5. The first kappa shape index (κ1) is 10.7. The number of carboxylic acid groups (broad SMARTS) is 1. The van der Waals surface area contributed by atoms with Crippen LogP contribution in [-0.4, -0.2) is 47.3 Å². The first-order chi connectivity index (χ1) is 7.66. The van der Waals surface area contributed by atoms with Crippen molar-refractivity contribution in [3.63, 3.8) is 0 Å². The van der Waals surface area contributed by atoms with Gasteiger partial charge in [0.1, 0.15) is 5.82 Å². The van der Waals surface area contributed by atoms with Crippen molar-refractivity contribution in [1.82, 2.24) is 9.88 Å². The lowest BCUT2D eigenvalue weighted by molar-refractivity contribution is 0.142. The van der Waals surface area contributed by atoms with Crippen LogP contribution in [0.1, 0.15) is 5.56 Å². The van der Waals surface area contributed by atoms with Gasteiger partial charge < -0.3 is 14.9 Å². The molecule has 1 N–H and O–H groups in total. The summed E-state index contributed by atoms with van der Waals surface area (Å²) in [7, 11) is 0. The molecule has 0 aromatic carbocycles. The molecule has 0 bridgehead atoms. The Hall–Kier alpha value is -1.78. The second-order valence-corrected chi connectivity index (χ2v) is 3.95. The summed E-state index contributed by atoms with van der Waals surface area (Å²) in [4.78, 5) is 18.6. The number of carbonyl (C=O) groups is 1. The minimum Gasteiger partial charge on any atom is -0.465 e. The quantitative estimate of drug-likeness (QED) is 0.774. The fourth-order valence-corrected chi connectivity index (χ4v) is 1.82. The zero-order valence-corrected chi connectivity index (χ0v) is 9.26. The molecule has 5 nitrogen and oxygen atoms in total. The molecule has 1 saturated heterocycles. The molecular weight excluding hydrogens is 206 g/mol. The molecule has 86 valence electrons. The lowest BCUT2D eigenvalue weighted by Gasteiger charge is -2.33. The van der Waals surface area contributed by atoms with E-state index in [1.54, 1.807) is 6.20 Å². The van der Waals surface area contributed by atoms with Crippen molar-refractivity contribution in [1.29, 1.82) is 0 Å². The summed E-state index contributed by atoms with van der Waals surface area (Å²) in [5, 5.41) is 8.83. The van der Waals surface area contributed by atoms with Gasteiger partial charge in [-0.2, -0.15) is 0 Å². The number of pyridine rings is 1. The predicted molar refractivity (Wildman–Crippen MR) is 60.8 cm³/mol. The highest BCUT2D eigenvalue weighted by Gasteiger charge is 2.20. The van der Waals surface area contributed by atoms with Gasteiger partial charge in [-0.05, 0) is 24.6 Å². The Morgan fingerprint density at radius 2 is 2.06 bits per heavy atom. The summed E-state index contributed by atoms with van der Waals surface area (Å²) in [6, 6.07) is 3.98. The molecular formula is C11H15N3O2. The molecule has 16 heavy (non-hydrogen) atoms. The number of hydrogen-bond donors (Lipinski definition) is 1. The lowest BCUT2D eigenvalue weighted by Crippen LogP contribution is -2.48. The minimum absolute atomic E-state index is 0.547. The molecule has 0 spiro atoms. The number of amides is 1. The molecule has 2 heterocycles. The van der Waals surface area contributed by atoms with E-state index in [9.17, 15) is 4.79 Å². The smallest absolute Gasteiger partial charge is 0.407 e. The number of rotatable bonds is 1. The average Bonchev–Trinajstić information content (AvgIpc) is 2.29. The average molecular weight is 221 g/mol. The van der Waals surface area contributed by atoms with Gasteiger partial charge >= 0.3 is 6.09 Å². The topological polar surface area (TPSA) is 56.7 Å². The molecule has 0 atom stereocenters. The maximum atomic E-state index is 10.7. The Labute approximate surface area is 94.3 Å². The summed E-state index contributed by atoms with van der Waals surface area (Å²) in [6.45, 7) is 4.54. The van der Waals surface area contributed by atoms with E-state index in [2.05, 4.69) is 9.88 Å². The van der Waals surface area contributed by atoms with Crippen LogP contribution in [0.5, 0.6) is 0 Å². The van der Waals surface area contributed by atoms with Crippen molar-refractivity contribution >= 4 is 11.9 Å². The van der Waals surface area contributed by atoms with E-state index in [1.807, 2.05) is 19.1 Å². The molecule has 1 fully saturated rings. The summed E-state index contributed by atoms with van der Waals surface area (Å²) in [5.41, 5.74) is 1.17. The monoisotopic (exact) mass is 221 g/mol. The van der Waals surface area contributed by atoms with Crippen molar-refractivity contribution in [3.05, 3.63) is 23.9 Å². The van der Waals surface area contributed by atoms with E-state index < -0.39 is 6.09 Å². The lowest BCUT2D eigenvalue weighted by atomic mass is 10.2. The van der Waals surface area contributed by atoms with Crippen LogP contribution >= 0.6 is 0 Å². The summed E-state index contributed by atoms with van der Waals surface area (Å²) < 4.78 is 0. The van der Waals surface area contributed by atoms with Gasteiger partial charge in [-0.3, -0.25) is 0 Å². The Bertz CT molecular complexity index is 387. The van der Waals surface area contributed by atoms with Crippen LogP contribution in [-0.2, 0) is 0 Å². The predicted octanol–water partition coefficient (Wildman–Crippen LogP) is 1.19. The number of aromatic nitrogens is 1. The van der Waals surface area contributed by atoms with Crippen LogP contribution in [0.4, 0.5) is 10.6 Å². The van der Waals surface area contributed by atoms with Gasteiger partial charge in [-0.25, -0.2) is 9.78 Å². The van der Waals surface area contributed by atoms with Gasteiger partial charge in [-0.1, -0.05) is 0 Å². The minimum atomic E-state index is -0.836. The van der Waals surface area contributed by atoms with E-state index in [1.165, 1.54) is 10.5 Å². The third-order valence-corrected chi connectivity index (χ3v) is 2.78. The number of aryl methyl sites for hydroxylation is 1. The molecule has 1 aromatic rings. The first-order valence-corrected chi connectivity index (χ1v) is 5.32. The van der Waals surface area contributed by atoms with E-state index >= 15 is 0 Å². The Kier molecular flexibility index (Phi) is 2.94. The van der Waals surface area contributed by atoms with Crippen LogP contribution in [0.25, 0.3) is 0 Å². The first-order valence-electron chi connectivity index (χ1n) is 5.32. The van der Waals surface area contributed by atoms with E-state index in [0.717, 1.165) is 5.82 Å². The van der Waals surface area contributed by atoms with Crippen molar-refractivity contribution in [2.75, 3.05) is 31.1 Å². The molecule has 1 aliphatic heterocycles. The summed E-state index contributed by atoms with van der Waals surface area (Å²) in [5.74, 6) is 0.935. The maximum Gasteiger partial charge on any atom is 0.407 e. The summed E-state index contributed by atoms with van der Waals surface area (Å²) >= 11 is 0. The number of hydrogen-bond acceptors (Lipinski definition) is 3.